The Morgan fingerprint density at radius 2 is 2.07 bits per heavy atom. The molecule has 82 valence electrons. The number of halogens is 2. The molecule has 0 unspecified atom stereocenters. The molecule has 0 atom stereocenters. The van der Waals surface area contributed by atoms with Gasteiger partial charge >= 0.3 is 15.2 Å². The van der Waals surface area contributed by atoms with Crippen molar-refractivity contribution in [1.82, 2.24) is 0 Å². The molecule has 1 aromatic rings. The fraction of sp³-hybridized carbons (Fsp3) is 0. The van der Waals surface area contributed by atoms with Crippen molar-refractivity contribution in [2.75, 3.05) is 0 Å². The van der Waals surface area contributed by atoms with Gasteiger partial charge in [-0.25, -0.2) is 4.79 Å². The molecule has 0 aliphatic rings. The van der Waals surface area contributed by atoms with Crippen molar-refractivity contribution in [2.45, 2.75) is 4.90 Å². The van der Waals surface area contributed by atoms with Crippen molar-refractivity contribution in [1.29, 1.82) is 0 Å². The molecule has 1 aromatic carbocycles. The highest BCUT2D eigenvalue weighted by molar-refractivity contribution is 8.70. The maximum Gasteiger partial charge on any atom is 0.362 e. The van der Waals surface area contributed by atoms with Crippen LogP contribution in [0.1, 0.15) is 10.4 Å². The molecule has 0 aromatic heterocycles. The summed E-state index contributed by atoms with van der Waals surface area (Å²) < 4.78 is 32.8. The third-order valence-corrected chi connectivity index (χ3v) is 3.51. The third kappa shape index (κ3) is 3.69. The first kappa shape index (κ1) is 12.3. The fourth-order valence-electron chi connectivity index (χ4n) is 0.835. The maximum atomic E-state index is 12.3. The summed E-state index contributed by atoms with van der Waals surface area (Å²) in [6, 6.07) is 3.40. The van der Waals surface area contributed by atoms with Gasteiger partial charge in [-0.1, -0.05) is 15.5 Å². The van der Waals surface area contributed by atoms with E-state index in [0.29, 0.717) is 0 Å². The lowest BCUT2D eigenvalue weighted by atomic mass is 10.2. The summed E-state index contributed by atoms with van der Waals surface area (Å²) in [5.74, 6) is -1.31. The van der Waals surface area contributed by atoms with E-state index in [0.717, 1.165) is 6.07 Å². The summed E-state index contributed by atoms with van der Waals surface area (Å²) in [6.45, 7) is 0. The minimum atomic E-state index is -4.75. The zero-order valence-corrected chi connectivity index (χ0v) is 9.37. The number of hydrogen-bond donors (Lipinski definition) is 1. The number of carbonyl (C=O) groups is 1. The van der Waals surface area contributed by atoms with Gasteiger partial charge in [-0.15, -0.1) is 0 Å². The van der Waals surface area contributed by atoms with Crippen LogP contribution in [-0.4, -0.2) is 19.5 Å². The Bertz CT molecular complexity index is 500. The Labute approximate surface area is 93.7 Å². The number of carboxylic acids is 1. The highest BCUT2D eigenvalue weighted by atomic mass is 35.5. The van der Waals surface area contributed by atoms with Crippen LogP contribution in [0.4, 0.5) is 3.89 Å². The number of rotatable bonds is 3. The zero-order valence-electron chi connectivity index (χ0n) is 6.98. The van der Waals surface area contributed by atoms with Gasteiger partial charge in [0.05, 0.1) is 10.6 Å². The molecule has 0 aliphatic heterocycles. The van der Waals surface area contributed by atoms with Crippen LogP contribution in [0.25, 0.3) is 0 Å². The molecule has 1 N–H and O–H groups in total. The first-order valence-corrected chi connectivity index (χ1v) is 6.56. The van der Waals surface area contributed by atoms with Crippen molar-refractivity contribution in [3.05, 3.63) is 28.8 Å². The Hall–Kier alpha value is -0.790. The molecule has 1 rings (SSSR count). The Morgan fingerprint density at radius 1 is 1.47 bits per heavy atom. The SMILES string of the molecule is O=C(O)c1cc(SS(=O)(=O)F)ccc1Cl. The highest BCUT2D eigenvalue weighted by Crippen LogP contribution is 2.29. The van der Waals surface area contributed by atoms with E-state index in [9.17, 15) is 17.1 Å². The largest absolute Gasteiger partial charge is 0.478 e. The van der Waals surface area contributed by atoms with Crippen LogP contribution in [-0.2, 0) is 9.26 Å². The van der Waals surface area contributed by atoms with Gasteiger partial charge in [0.25, 0.3) is 0 Å². The minimum Gasteiger partial charge on any atom is -0.478 e. The average molecular weight is 271 g/mol. The predicted molar refractivity (Wildman–Crippen MR) is 54.3 cm³/mol. The lowest BCUT2D eigenvalue weighted by Crippen LogP contribution is -1.97. The fourth-order valence-corrected chi connectivity index (χ4v) is 2.55. The monoisotopic (exact) mass is 270 g/mol. The summed E-state index contributed by atoms with van der Waals surface area (Å²) in [5, 5.41) is 8.61. The summed E-state index contributed by atoms with van der Waals surface area (Å²) >= 11 is 5.53. The van der Waals surface area contributed by atoms with E-state index in [2.05, 4.69) is 0 Å². The van der Waals surface area contributed by atoms with Crippen molar-refractivity contribution in [2.24, 2.45) is 0 Å². The molecule has 0 radical (unpaired) electrons. The zero-order chi connectivity index (χ0) is 11.6. The standard InChI is InChI=1S/C7H4ClFO4S2/c8-6-2-1-4(14-15(9,12)13)3-5(6)7(10)11/h1-3H,(H,10,11). The Balaban J connectivity index is 3.14. The van der Waals surface area contributed by atoms with E-state index in [1.54, 1.807) is 0 Å². The van der Waals surface area contributed by atoms with Gasteiger partial charge in [-0.3, -0.25) is 0 Å². The number of carboxylic acid groups (broad SMARTS) is 1. The van der Waals surface area contributed by atoms with Gasteiger partial charge in [0.15, 0.2) is 0 Å². The minimum absolute atomic E-state index is 0.0388. The van der Waals surface area contributed by atoms with Crippen molar-refractivity contribution >= 4 is 37.6 Å². The first-order chi connectivity index (χ1) is 6.79. The topological polar surface area (TPSA) is 71.4 Å². The molecular formula is C7H4ClFO4S2. The third-order valence-electron chi connectivity index (χ3n) is 1.36. The molecule has 15 heavy (non-hydrogen) atoms. The van der Waals surface area contributed by atoms with Crippen LogP contribution in [0.3, 0.4) is 0 Å². The van der Waals surface area contributed by atoms with Crippen molar-refractivity contribution < 1.29 is 22.2 Å². The van der Waals surface area contributed by atoms with E-state index in [4.69, 9.17) is 16.7 Å². The lowest BCUT2D eigenvalue weighted by Gasteiger charge is -2.01. The second-order valence-electron chi connectivity index (χ2n) is 2.42. The predicted octanol–water partition coefficient (Wildman–Crippen LogP) is 2.34. The molecule has 0 saturated carbocycles. The van der Waals surface area contributed by atoms with Gasteiger partial charge in [-0.2, -0.15) is 8.42 Å². The van der Waals surface area contributed by atoms with Gasteiger partial charge < -0.3 is 5.11 Å². The molecule has 0 bridgehead atoms. The Kier molecular flexibility index (Phi) is 3.58. The molecule has 0 fully saturated rings. The van der Waals surface area contributed by atoms with Crippen LogP contribution in [0, 0.1) is 0 Å². The van der Waals surface area contributed by atoms with Gasteiger partial charge in [0, 0.05) is 15.7 Å². The lowest BCUT2D eigenvalue weighted by molar-refractivity contribution is 0.0697. The van der Waals surface area contributed by atoms with Crippen LogP contribution in [0.15, 0.2) is 23.1 Å². The molecule has 0 saturated heterocycles. The molecule has 4 nitrogen and oxygen atoms in total. The normalized spacial score (nSPS) is 11.3. The van der Waals surface area contributed by atoms with E-state index in [1.165, 1.54) is 12.1 Å². The number of aromatic carboxylic acids is 1. The van der Waals surface area contributed by atoms with Crippen LogP contribution in [0.5, 0.6) is 0 Å². The van der Waals surface area contributed by atoms with E-state index < -0.39 is 15.2 Å². The maximum absolute atomic E-state index is 12.3. The van der Waals surface area contributed by atoms with Gasteiger partial charge in [-0.05, 0) is 18.2 Å². The smallest absolute Gasteiger partial charge is 0.362 e. The quantitative estimate of drug-likeness (QED) is 0.674. The van der Waals surface area contributed by atoms with Gasteiger partial charge in [0.2, 0.25) is 0 Å². The molecular weight excluding hydrogens is 267 g/mol. The summed E-state index contributed by atoms with van der Waals surface area (Å²) in [4.78, 5) is 10.6. The van der Waals surface area contributed by atoms with Crippen molar-refractivity contribution in [3.63, 3.8) is 0 Å². The number of hydrogen-bond acceptors (Lipinski definition) is 4. The van der Waals surface area contributed by atoms with Crippen LogP contribution >= 0.6 is 22.4 Å². The van der Waals surface area contributed by atoms with Crippen LogP contribution in [0.2, 0.25) is 5.02 Å². The van der Waals surface area contributed by atoms with E-state index in [1.807, 2.05) is 0 Å². The molecule has 0 heterocycles. The molecule has 0 spiro atoms. The highest BCUT2D eigenvalue weighted by Gasteiger charge is 2.14. The number of benzene rings is 1. The second-order valence-corrected chi connectivity index (χ2v) is 5.95. The Morgan fingerprint density at radius 3 is 2.53 bits per heavy atom. The summed E-state index contributed by atoms with van der Waals surface area (Å²) in [5.41, 5.74) is -0.273. The summed E-state index contributed by atoms with van der Waals surface area (Å²) in [6.07, 6.45) is 0. The second kappa shape index (κ2) is 4.38. The molecule has 0 amide bonds. The van der Waals surface area contributed by atoms with Crippen LogP contribution < -0.4 is 0 Å². The molecule has 0 aliphatic carbocycles. The average Bonchev–Trinajstić information content (AvgIpc) is 2.05. The van der Waals surface area contributed by atoms with E-state index in [-0.39, 0.29) is 26.3 Å². The van der Waals surface area contributed by atoms with Crippen molar-refractivity contribution in [3.8, 4) is 0 Å². The molecule has 8 heteroatoms. The van der Waals surface area contributed by atoms with E-state index >= 15 is 0 Å². The summed E-state index contributed by atoms with van der Waals surface area (Å²) in [7, 11) is -4.83. The first-order valence-electron chi connectivity index (χ1n) is 3.46. The van der Waals surface area contributed by atoms with Gasteiger partial charge in [0.1, 0.15) is 0 Å².